The zero-order valence-corrected chi connectivity index (χ0v) is 12.5. The molecule has 0 spiro atoms. The first-order chi connectivity index (χ1) is 11.4. The molecule has 0 aliphatic rings. The predicted molar refractivity (Wildman–Crippen MR) is 82.2 cm³/mol. The van der Waals surface area contributed by atoms with Crippen molar-refractivity contribution in [3.63, 3.8) is 0 Å². The van der Waals surface area contributed by atoms with E-state index in [2.05, 4.69) is 0 Å². The van der Waals surface area contributed by atoms with Gasteiger partial charge in [-0.2, -0.15) is 0 Å². The number of nitro benzene ring substituents is 1. The van der Waals surface area contributed by atoms with E-state index in [4.69, 9.17) is 14.6 Å². The van der Waals surface area contributed by atoms with Gasteiger partial charge in [0.15, 0.2) is 6.10 Å². The van der Waals surface area contributed by atoms with Gasteiger partial charge in [-0.1, -0.05) is 12.1 Å². The van der Waals surface area contributed by atoms with Crippen LogP contribution >= 0.6 is 0 Å². The number of carboxylic acid groups (broad SMARTS) is 1. The van der Waals surface area contributed by atoms with Gasteiger partial charge in [0.05, 0.1) is 4.92 Å². The lowest BCUT2D eigenvalue weighted by molar-refractivity contribution is -0.384. The Morgan fingerprint density at radius 1 is 1.12 bits per heavy atom. The third kappa shape index (κ3) is 4.07. The molecule has 24 heavy (non-hydrogen) atoms. The second kappa shape index (κ2) is 7.23. The minimum atomic E-state index is -1.22. The van der Waals surface area contributed by atoms with Gasteiger partial charge in [0, 0.05) is 12.1 Å². The number of nitrogens with zero attached hydrogens (tertiary/aromatic N) is 1. The van der Waals surface area contributed by atoms with E-state index in [9.17, 15) is 19.7 Å². The smallest absolute Gasteiger partial charge is 0.352 e. The van der Waals surface area contributed by atoms with Crippen molar-refractivity contribution in [1.29, 1.82) is 0 Å². The van der Waals surface area contributed by atoms with Crippen molar-refractivity contribution in [3.05, 3.63) is 64.2 Å². The van der Waals surface area contributed by atoms with Crippen LogP contribution in [-0.4, -0.2) is 28.1 Å². The van der Waals surface area contributed by atoms with Crippen LogP contribution in [0.3, 0.4) is 0 Å². The van der Waals surface area contributed by atoms with Crippen molar-refractivity contribution in [2.45, 2.75) is 13.0 Å². The molecule has 0 amide bonds. The lowest BCUT2D eigenvalue weighted by Gasteiger charge is -2.14. The maximum Gasteiger partial charge on any atom is 0.352 e. The average molecular weight is 331 g/mol. The summed E-state index contributed by atoms with van der Waals surface area (Å²) in [5, 5.41) is 19.6. The summed E-state index contributed by atoms with van der Waals surface area (Å²) in [6.45, 7) is 1.42. The van der Waals surface area contributed by atoms with Gasteiger partial charge in [0.25, 0.3) is 5.69 Å². The average Bonchev–Trinajstić information content (AvgIpc) is 2.55. The summed E-state index contributed by atoms with van der Waals surface area (Å²) in [5.41, 5.74) is -0.249. The van der Waals surface area contributed by atoms with Gasteiger partial charge in [-0.25, -0.2) is 9.59 Å². The van der Waals surface area contributed by atoms with Crippen LogP contribution in [-0.2, 0) is 4.79 Å². The number of benzene rings is 2. The quantitative estimate of drug-likeness (QED) is 0.374. The highest BCUT2D eigenvalue weighted by Gasteiger charge is 2.20. The highest BCUT2D eigenvalue weighted by atomic mass is 16.6. The first-order valence-electron chi connectivity index (χ1n) is 6.83. The topological polar surface area (TPSA) is 116 Å². The SMILES string of the molecule is CC(Oc1ccc([N+](=O)[O-])cc1)C(=O)Oc1ccccc1C(=O)O. The summed E-state index contributed by atoms with van der Waals surface area (Å²) in [6, 6.07) is 10.9. The van der Waals surface area contributed by atoms with E-state index in [0.29, 0.717) is 0 Å². The Morgan fingerprint density at radius 3 is 2.33 bits per heavy atom. The Morgan fingerprint density at radius 2 is 1.75 bits per heavy atom. The van der Waals surface area contributed by atoms with Gasteiger partial charge in [-0.05, 0) is 31.2 Å². The van der Waals surface area contributed by atoms with Crippen molar-refractivity contribution >= 4 is 17.6 Å². The molecular weight excluding hydrogens is 318 g/mol. The van der Waals surface area contributed by atoms with E-state index >= 15 is 0 Å². The Kier molecular flexibility index (Phi) is 5.10. The molecule has 124 valence electrons. The van der Waals surface area contributed by atoms with Crippen LogP contribution in [0.25, 0.3) is 0 Å². The molecule has 2 aromatic rings. The van der Waals surface area contributed by atoms with Crippen molar-refractivity contribution in [2.75, 3.05) is 0 Å². The number of nitro groups is 1. The number of carbonyl (C=O) groups is 2. The Bertz CT molecular complexity index is 770. The summed E-state index contributed by atoms with van der Waals surface area (Å²) >= 11 is 0. The monoisotopic (exact) mass is 331 g/mol. The van der Waals surface area contributed by atoms with Gasteiger partial charge in [0.1, 0.15) is 17.1 Å². The molecule has 2 rings (SSSR count). The number of non-ortho nitro benzene ring substituents is 1. The van der Waals surface area contributed by atoms with Gasteiger partial charge in [-0.3, -0.25) is 10.1 Å². The molecule has 1 atom stereocenters. The summed E-state index contributed by atoms with van der Waals surface area (Å²) < 4.78 is 10.4. The fourth-order valence-corrected chi connectivity index (χ4v) is 1.82. The summed E-state index contributed by atoms with van der Waals surface area (Å²) in [7, 11) is 0. The normalized spacial score (nSPS) is 11.4. The van der Waals surface area contributed by atoms with Crippen LogP contribution in [0.15, 0.2) is 48.5 Å². The fraction of sp³-hybridized carbons (Fsp3) is 0.125. The third-order valence-corrected chi connectivity index (χ3v) is 3.02. The summed E-state index contributed by atoms with van der Waals surface area (Å²) in [5.74, 6) is -1.85. The fourth-order valence-electron chi connectivity index (χ4n) is 1.82. The molecule has 0 aliphatic heterocycles. The number of ether oxygens (including phenoxy) is 2. The van der Waals surface area contributed by atoms with Gasteiger partial charge >= 0.3 is 11.9 Å². The molecule has 8 nitrogen and oxygen atoms in total. The molecule has 0 fully saturated rings. The maximum absolute atomic E-state index is 12.0. The zero-order valence-electron chi connectivity index (χ0n) is 12.5. The predicted octanol–water partition coefficient (Wildman–Crippen LogP) is 2.67. The van der Waals surface area contributed by atoms with Gasteiger partial charge < -0.3 is 14.6 Å². The van der Waals surface area contributed by atoms with Crippen molar-refractivity contribution in [1.82, 2.24) is 0 Å². The molecule has 0 aromatic heterocycles. The zero-order chi connectivity index (χ0) is 17.7. The van der Waals surface area contributed by atoms with Crippen molar-refractivity contribution in [3.8, 4) is 11.5 Å². The molecule has 0 saturated heterocycles. The first-order valence-corrected chi connectivity index (χ1v) is 6.83. The number of aromatic carboxylic acids is 1. The molecule has 0 bridgehead atoms. The molecule has 0 aliphatic carbocycles. The van der Waals surface area contributed by atoms with Crippen LogP contribution in [0.2, 0.25) is 0 Å². The van der Waals surface area contributed by atoms with Crippen LogP contribution in [0.1, 0.15) is 17.3 Å². The Labute approximate surface area is 136 Å². The van der Waals surface area contributed by atoms with Crippen LogP contribution < -0.4 is 9.47 Å². The van der Waals surface area contributed by atoms with E-state index in [0.717, 1.165) is 0 Å². The highest BCUT2D eigenvalue weighted by molar-refractivity contribution is 5.92. The van der Waals surface area contributed by atoms with Crippen LogP contribution in [0.5, 0.6) is 11.5 Å². The number of para-hydroxylation sites is 1. The number of hydrogen-bond donors (Lipinski definition) is 1. The number of rotatable bonds is 6. The minimum absolute atomic E-state index is 0.0888. The molecular formula is C16H13NO7. The summed E-state index contributed by atoms with van der Waals surface area (Å²) in [4.78, 5) is 33.1. The van der Waals surface area contributed by atoms with E-state index < -0.39 is 23.0 Å². The minimum Gasteiger partial charge on any atom is -0.479 e. The molecule has 0 saturated carbocycles. The van der Waals surface area contributed by atoms with E-state index in [1.807, 2.05) is 0 Å². The van der Waals surface area contributed by atoms with Crippen molar-refractivity contribution in [2.24, 2.45) is 0 Å². The molecule has 0 heterocycles. The maximum atomic E-state index is 12.0. The van der Waals surface area contributed by atoms with Gasteiger partial charge in [0.2, 0.25) is 0 Å². The second-order valence-corrected chi connectivity index (χ2v) is 4.73. The van der Waals surface area contributed by atoms with Crippen LogP contribution in [0, 0.1) is 10.1 Å². The third-order valence-electron chi connectivity index (χ3n) is 3.02. The molecule has 8 heteroatoms. The van der Waals surface area contributed by atoms with E-state index in [1.165, 1.54) is 55.5 Å². The van der Waals surface area contributed by atoms with Crippen LogP contribution in [0.4, 0.5) is 5.69 Å². The second-order valence-electron chi connectivity index (χ2n) is 4.73. The lowest BCUT2D eigenvalue weighted by Crippen LogP contribution is -2.28. The molecule has 0 radical (unpaired) electrons. The van der Waals surface area contributed by atoms with E-state index in [-0.39, 0.29) is 22.7 Å². The Balaban J connectivity index is 2.05. The number of hydrogen-bond acceptors (Lipinski definition) is 6. The first kappa shape index (κ1) is 16.9. The molecule has 1 N–H and O–H groups in total. The van der Waals surface area contributed by atoms with E-state index in [1.54, 1.807) is 0 Å². The Hall–Kier alpha value is -3.42. The largest absolute Gasteiger partial charge is 0.479 e. The van der Waals surface area contributed by atoms with Gasteiger partial charge in [-0.15, -0.1) is 0 Å². The van der Waals surface area contributed by atoms with Crippen molar-refractivity contribution < 1.29 is 29.1 Å². The highest BCUT2D eigenvalue weighted by Crippen LogP contribution is 2.21. The standard InChI is InChI=1S/C16H13NO7/c1-10(23-12-8-6-11(7-9-12)17(21)22)16(20)24-14-5-3-2-4-13(14)15(18)19/h2-10H,1H3,(H,18,19). The number of carboxylic acids is 1. The number of esters is 1. The lowest BCUT2D eigenvalue weighted by atomic mass is 10.2. The number of carbonyl (C=O) groups excluding carboxylic acids is 1. The summed E-state index contributed by atoms with van der Waals surface area (Å²) in [6.07, 6.45) is -1.03. The molecule has 2 aromatic carbocycles. The molecule has 1 unspecified atom stereocenters.